The Morgan fingerprint density at radius 3 is 2.59 bits per heavy atom. The zero-order valence-electron chi connectivity index (χ0n) is 15.3. The van der Waals surface area contributed by atoms with Crippen LogP contribution in [0.15, 0.2) is 47.3 Å². The van der Waals surface area contributed by atoms with Gasteiger partial charge in [0.2, 0.25) is 11.8 Å². The van der Waals surface area contributed by atoms with Crippen LogP contribution in [0.3, 0.4) is 0 Å². The summed E-state index contributed by atoms with van der Waals surface area (Å²) in [5.74, 6) is -0.658. The van der Waals surface area contributed by atoms with Crippen molar-refractivity contribution in [3.8, 4) is 0 Å². The third kappa shape index (κ3) is 4.97. The van der Waals surface area contributed by atoms with E-state index in [1.165, 1.54) is 12.5 Å². The van der Waals surface area contributed by atoms with Crippen molar-refractivity contribution in [3.63, 3.8) is 0 Å². The molecule has 2 heterocycles. The maximum absolute atomic E-state index is 12.5. The molecule has 0 saturated carbocycles. The number of carbonyl (C=O) groups excluding carboxylic acids is 3. The number of rotatable bonds is 4. The number of benzene rings is 1. The predicted molar refractivity (Wildman–Crippen MR) is 100 cm³/mol. The van der Waals surface area contributed by atoms with Crippen LogP contribution < -0.4 is 5.32 Å². The molecule has 3 rings (SSSR count). The number of anilines is 1. The fraction of sp³-hybridized carbons (Fsp3) is 0.350. The van der Waals surface area contributed by atoms with Crippen molar-refractivity contribution in [2.45, 2.75) is 19.8 Å². The van der Waals surface area contributed by atoms with Crippen LogP contribution in [-0.2, 0) is 9.59 Å². The molecular formula is C20H23N3O4. The number of nitrogens with zero attached hydrogens (tertiary/aromatic N) is 2. The molecule has 1 N–H and O–H groups in total. The minimum Gasteiger partial charge on any atom is -0.472 e. The summed E-state index contributed by atoms with van der Waals surface area (Å²) in [7, 11) is 0. The molecule has 7 heteroatoms. The first-order chi connectivity index (χ1) is 13.0. The number of furan rings is 1. The minimum atomic E-state index is -0.332. The first-order valence-electron chi connectivity index (χ1n) is 8.99. The molecule has 27 heavy (non-hydrogen) atoms. The second-order valence-corrected chi connectivity index (χ2v) is 6.63. The Morgan fingerprint density at radius 2 is 1.85 bits per heavy atom. The highest BCUT2D eigenvalue weighted by atomic mass is 16.3. The average molecular weight is 369 g/mol. The molecule has 3 amide bonds. The highest BCUT2D eigenvalue weighted by Crippen LogP contribution is 2.12. The first kappa shape index (κ1) is 18.7. The van der Waals surface area contributed by atoms with Crippen LogP contribution in [0.4, 0.5) is 5.69 Å². The molecule has 7 nitrogen and oxygen atoms in total. The number of hydrogen-bond acceptors (Lipinski definition) is 4. The fourth-order valence-electron chi connectivity index (χ4n) is 3.12. The Bertz CT molecular complexity index is 816. The van der Waals surface area contributed by atoms with Crippen molar-refractivity contribution < 1.29 is 18.8 Å². The van der Waals surface area contributed by atoms with Gasteiger partial charge in [0.05, 0.1) is 11.8 Å². The van der Waals surface area contributed by atoms with Crippen molar-refractivity contribution in [1.82, 2.24) is 9.80 Å². The van der Waals surface area contributed by atoms with Crippen molar-refractivity contribution in [2.24, 2.45) is 0 Å². The Morgan fingerprint density at radius 1 is 1.07 bits per heavy atom. The summed E-state index contributed by atoms with van der Waals surface area (Å²) in [6.45, 7) is 3.90. The van der Waals surface area contributed by atoms with Crippen LogP contribution in [0, 0.1) is 6.92 Å². The lowest BCUT2D eigenvalue weighted by atomic mass is 10.2. The van der Waals surface area contributed by atoms with Gasteiger partial charge < -0.3 is 19.5 Å². The lowest BCUT2D eigenvalue weighted by molar-refractivity contribution is -0.134. The van der Waals surface area contributed by atoms with Crippen LogP contribution in [0.5, 0.6) is 0 Å². The molecule has 1 fully saturated rings. The van der Waals surface area contributed by atoms with Gasteiger partial charge in [-0.2, -0.15) is 0 Å². The molecule has 0 bridgehead atoms. The van der Waals surface area contributed by atoms with Crippen LogP contribution in [0.25, 0.3) is 0 Å². The molecule has 1 saturated heterocycles. The zero-order valence-corrected chi connectivity index (χ0v) is 15.3. The minimum absolute atomic E-state index is 0.102. The van der Waals surface area contributed by atoms with Gasteiger partial charge in [0.1, 0.15) is 12.7 Å². The van der Waals surface area contributed by atoms with Gasteiger partial charge in [-0.1, -0.05) is 12.1 Å². The molecule has 1 aromatic heterocycles. The molecule has 1 aromatic carbocycles. The van der Waals surface area contributed by atoms with E-state index in [4.69, 9.17) is 4.42 Å². The van der Waals surface area contributed by atoms with Gasteiger partial charge in [-0.05, 0) is 37.1 Å². The van der Waals surface area contributed by atoms with Crippen molar-refractivity contribution in [3.05, 3.63) is 54.0 Å². The number of aryl methyl sites for hydroxylation is 1. The van der Waals surface area contributed by atoms with E-state index in [1.54, 1.807) is 21.9 Å². The monoisotopic (exact) mass is 369 g/mol. The smallest absolute Gasteiger partial charge is 0.257 e. The number of amides is 3. The van der Waals surface area contributed by atoms with E-state index in [0.29, 0.717) is 43.9 Å². The molecule has 142 valence electrons. The summed E-state index contributed by atoms with van der Waals surface area (Å²) in [6.07, 6.45) is 3.36. The lowest BCUT2D eigenvalue weighted by Gasteiger charge is -2.21. The van der Waals surface area contributed by atoms with E-state index in [0.717, 1.165) is 5.56 Å². The van der Waals surface area contributed by atoms with Gasteiger partial charge in [0.15, 0.2) is 0 Å². The standard InChI is InChI=1S/C20H23N3O4/c1-15-4-2-5-17(12-15)21-18(24)13-19(25)22-7-3-8-23(10-9-22)20(26)16-6-11-27-14-16/h2,4-6,11-12,14H,3,7-10,13H2,1H3,(H,21,24). The Balaban J connectivity index is 1.51. The van der Waals surface area contributed by atoms with E-state index in [1.807, 2.05) is 25.1 Å². The van der Waals surface area contributed by atoms with Gasteiger partial charge in [-0.15, -0.1) is 0 Å². The van der Waals surface area contributed by atoms with Gasteiger partial charge in [0.25, 0.3) is 5.91 Å². The summed E-state index contributed by atoms with van der Waals surface area (Å²) >= 11 is 0. The number of hydrogen-bond donors (Lipinski definition) is 1. The largest absolute Gasteiger partial charge is 0.472 e. The van der Waals surface area contributed by atoms with E-state index in [-0.39, 0.29) is 24.1 Å². The van der Waals surface area contributed by atoms with Crippen molar-refractivity contribution >= 4 is 23.4 Å². The molecule has 2 aromatic rings. The van der Waals surface area contributed by atoms with Crippen LogP contribution in [-0.4, -0.2) is 53.7 Å². The third-order valence-electron chi connectivity index (χ3n) is 4.52. The SMILES string of the molecule is Cc1cccc(NC(=O)CC(=O)N2CCCN(C(=O)c3ccoc3)CC2)c1. The summed E-state index contributed by atoms with van der Waals surface area (Å²) in [5.41, 5.74) is 2.22. The van der Waals surface area contributed by atoms with Gasteiger partial charge in [-0.25, -0.2) is 0 Å². The Labute approximate surface area is 157 Å². The van der Waals surface area contributed by atoms with Gasteiger partial charge in [0, 0.05) is 31.9 Å². The molecule has 0 unspecified atom stereocenters. The molecular weight excluding hydrogens is 346 g/mol. The number of nitrogens with one attached hydrogen (secondary N) is 1. The highest BCUT2D eigenvalue weighted by Gasteiger charge is 2.24. The predicted octanol–water partition coefficient (Wildman–Crippen LogP) is 2.29. The average Bonchev–Trinajstić information content (AvgIpc) is 3.05. The third-order valence-corrected chi connectivity index (χ3v) is 4.52. The summed E-state index contributed by atoms with van der Waals surface area (Å²) in [5, 5.41) is 2.75. The van der Waals surface area contributed by atoms with Crippen molar-refractivity contribution in [2.75, 3.05) is 31.5 Å². The summed E-state index contributed by atoms with van der Waals surface area (Å²) in [6, 6.07) is 9.07. The van der Waals surface area contributed by atoms with E-state index < -0.39 is 0 Å². The maximum atomic E-state index is 12.5. The quantitative estimate of drug-likeness (QED) is 0.839. The summed E-state index contributed by atoms with van der Waals surface area (Å²) in [4.78, 5) is 40.4. The van der Waals surface area contributed by atoms with Crippen LogP contribution in [0.1, 0.15) is 28.8 Å². The summed E-state index contributed by atoms with van der Waals surface area (Å²) < 4.78 is 4.96. The van der Waals surface area contributed by atoms with Crippen LogP contribution >= 0.6 is 0 Å². The molecule has 0 atom stereocenters. The molecule has 1 aliphatic rings. The highest BCUT2D eigenvalue weighted by molar-refractivity contribution is 6.03. The molecule has 0 radical (unpaired) electrons. The lowest BCUT2D eigenvalue weighted by Crippen LogP contribution is -2.38. The second kappa shape index (κ2) is 8.53. The van der Waals surface area contributed by atoms with E-state index in [9.17, 15) is 14.4 Å². The van der Waals surface area contributed by atoms with E-state index >= 15 is 0 Å². The molecule has 0 aliphatic carbocycles. The van der Waals surface area contributed by atoms with E-state index in [2.05, 4.69) is 5.32 Å². The fourth-order valence-corrected chi connectivity index (χ4v) is 3.12. The maximum Gasteiger partial charge on any atom is 0.257 e. The Hall–Kier alpha value is -3.09. The normalized spacial score (nSPS) is 14.6. The second-order valence-electron chi connectivity index (χ2n) is 6.63. The topological polar surface area (TPSA) is 82.9 Å². The zero-order chi connectivity index (χ0) is 19.2. The van der Waals surface area contributed by atoms with Gasteiger partial charge >= 0.3 is 0 Å². The first-order valence-corrected chi connectivity index (χ1v) is 8.99. The Kier molecular flexibility index (Phi) is 5.90. The van der Waals surface area contributed by atoms with Crippen molar-refractivity contribution in [1.29, 1.82) is 0 Å². The number of carbonyl (C=O) groups is 3. The van der Waals surface area contributed by atoms with Gasteiger partial charge in [-0.3, -0.25) is 14.4 Å². The molecule has 0 spiro atoms. The van der Waals surface area contributed by atoms with Crippen LogP contribution in [0.2, 0.25) is 0 Å². The molecule has 1 aliphatic heterocycles.